The number of benzene rings is 2. The van der Waals surface area contributed by atoms with E-state index >= 15 is 0 Å². The summed E-state index contributed by atoms with van der Waals surface area (Å²) < 4.78 is 27.7. The molecule has 0 unspecified atom stereocenters. The van der Waals surface area contributed by atoms with Crippen molar-refractivity contribution in [3.63, 3.8) is 0 Å². The summed E-state index contributed by atoms with van der Waals surface area (Å²) in [5.74, 6) is -0.554. The van der Waals surface area contributed by atoms with Crippen LogP contribution in [0, 0.1) is 12.8 Å². The lowest BCUT2D eigenvalue weighted by Crippen LogP contribution is -2.28. The predicted octanol–water partition coefficient (Wildman–Crippen LogP) is 3.29. The maximum atomic E-state index is 12.8. The fraction of sp³-hybridized carbons (Fsp3) is 0.238. The second kappa shape index (κ2) is 9.88. The number of carbonyl (C=O) groups is 2. The molecule has 0 atom stereocenters. The minimum absolute atomic E-state index is 0.0431. The van der Waals surface area contributed by atoms with Gasteiger partial charge in [0.15, 0.2) is 0 Å². The highest BCUT2D eigenvalue weighted by molar-refractivity contribution is 7.94. The number of carbonyl (C=O) groups excluding carboxylic acids is 2. The van der Waals surface area contributed by atoms with E-state index in [4.69, 9.17) is 0 Å². The first-order valence-corrected chi connectivity index (χ1v) is 12.1. The zero-order chi connectivity index (χ0) is 23.3. The number of anilines is 2. The molecular weight excluding hydrogens is 450 g/mol. The molecule has 3 N–H and O–H groups in total. The Labute approximate surface area is 190 Å². The van der Waals surface area contributed by atoms with Crippen molar-refractivity contribution in [2.75, 3.05) is 16.6 Å². The quantitative estimate of drug-likeness (QED) is 0.431. The zero-order valence-corrected chi connectivity index (χ0v) is 19.4. The highest BCUT2D eigenvalue weighted by Gasteiger charge is 2.24. The number of nitrogens with zero attached hydrogens (tertiary/aromatic N) is 2. The molecule has 168 valence electrons. The van der Waals surface area contributed by atoms with Crippen LogP contribution in [0.1, 0.15) is 40.1 Å². The highest BCUT2D eigenvalue weighted by atomic mass is 32.2. The van der Waals surface area contributed by atoms with E-state index in [0.717, 1.165) is 5.56 Å². The van der Waals surface area contributed by atoms with Gasteiger partial charge in [0.2, 0.25) is 5.13 Å². The summed E-state index contributed by atoms with van der Waals surface area (Å²) in [6.07, 6.45) is 0. The Bertz CT molecular complexity index is 1240. The Morgan fingerprint density at radius 1 is 0.969 bits per heavy atom. The minimum atomic E-state index is -4.12. The third-order valence-corrected chi connectivity index (χ3v) is 6.91. The van der Waals surface area contributed by atoms with E-state index < -0.39 is 15.9 Å². The first-order valence-electron chi connectivity index (χ1n) is 9.78. The lowest BCUT2D eigenvalue weighted by molar-refractivity contribution is 0.0949. The first kappa shape index (κ1) is 23.4. The third kappa shape index (κ3) is 5.68. The van der Waals surface area contributed by atoms with Crippen molar-refractivity contribution in [1.82, 2.24) is 15.5 Å². The van der Waals surface area contributed by atoms with Gasteiger partial charge in [0.05, 0.1) is 11.3 Å². The van der Waals surface area contributed by atoms with Crippen LogP contribution in [0.15, 0.2) is 52.9 Å². The number of amides is 2. The fourth-order valence-corrected chi connectivity index (χ4v) is 4.69. The molecule has 0 saturated heterocycles. The molecule has 0 saturated carbocycles. The molecule has 11 heteroatoms. The number of para-hydroxylation sites is 1. The first-order chi connectivity index (χ1) is 15.2. The molecule has 32 heavy (non-hydrogen) atoms. The molecule has 1 heterocycles. The van der Waals surface area contributed by atoms with Crippen LogP contribution in [0.4, 0.5) is 10.8 Å². The van der Waals surface area contributed by atoms with Gasteiger partial charge in [-0.3, -0.25) is 19.6 Å². The maximum absolute atomic E-state index is 12.8. The van der Waals surface area contributed by atoms with Gasteiger partial charge in [-0.15, -0.1) is 10.2 Å². The van der Waals surface area contributed by atoms with Crippen LogP contribution in [-0.2, 0) is 10.0 Å². The molecule has 2 amide bonds. The predicted molar refractivity (Wildman–Crippen MR) is 123 cm³/mol. The van der Waals surface area contributed by atoms with Gasteiger partial charge in [-0.25, -0.2) is 0 Å². The fourth-order valence-electron chi connectivity index (χ4n) is 2.71. The van der Waals surface area contributed by atoms with E-state index in [0.29, 0.717) is 23.4 Å². The van der Waals surface area contributed by atoms with Crippen LogP contribution in [0.25, 0.3) is 0 Å². The van der Waals surface area contributed by atoms with Crippen LogP contribution in [0.5, 0.6) is 0 Å². The molecule has 1 aromatic heterocycles. The molecule has 9 nitrogen and oxygen atoms in total. The molecule has 0 aliphatic rings. The topological polar surface area (TPSA) is 130 Å². The average molecular weight is 474 g/mol. The van der Waals surface area contributed by atoms with Crippen LogP contribution in [-0.4, -0.2) is 37.0 Å². The highest BCUT2D eigenvalue weighted by Crippen LogP contribution is 2.25. The van der Waals surface area contributed by atoms with Crippen LogP contribution in [0.2, 0.25) is 0 Å². The zero-order valence-electron chi connectivity index (χ0n) is 17.7. The van der Waals surface area contributed by atoms with Gasteiger partial charge in [-0.05, 0) is 36.6 Å². The number of sulfonamides is 1. The SMILES string of the molecule is Cc1ccccc1C(=O)Nc1nnc(S(=O)(=O)Nc2ccccc2C(=O)NCC(C)C)s1. The molecule has 0 radical (unpaired) electrons. The van der Waals surface area contributed by atoms with E-state index in [-0.39, 0.29) is 32.5 Å². The van der Waals surface area contributed by atoms with E-state index in [1.165, 1.54) is 12.1 Å². The van der Waals surface area contributed by atoms with Crippen molar-refractivity contribution < 1.29 is 18.0 Å². The van der Waals surface area contributed by atoms with E-state index in [1.807, 2.05) is 19.9 Å². The van der Waals surface area contributed by atoms with Gasteiger partial charge >= 0.3 is 0 Å². The molecule has 0 aliphatic heterocycles. The average Bonchev–Trinajstić information content (AvgIpc) is 3.22. The van der Waals surface area contributed by atoms with Crippen LogP contribution >= 0.6 is 11.3 Å². The number of hydrogen-bond acceptors (Lipinski definition) is 7. The van der Waals surface area contributed by atoms with Gasteiger partial charge in [0.1, 0.15) is 0 Å². The molecule has 2 aromatic carbocycles. The number of rotatable bonds is 8. The Hall–Kier alpha value is -3.31. The third-order valence-electron chi connectivity index (χ3n) is 4.33. The Kier molecular flexibility index (Phi) is 7.21. The normalized spacial score (nSPS) is 11.2. The second-order valence-corrected chi connectivity index (χ2v) is 10.2. The van der Waals surface area contributed by atoms with Crippen molar-refractivity contribution in [2.24, 2.45) is 5.92 Å². The Balaban J connectivity index is 1.76. The summed E-state index contributed by atoms with van der Waals surface area (Å²) in [4.78, 5) is 24.9. The maximum Gasteiger partial charge on any atom is 0.291 e. The Morgan fingerprint density at radius 3 is 2.31 bits per heavy atom. The summed E-state index contributed by atoms with van der Waals surface area (Å²) in [6, 6.07) is 13.3. The standard InChI is InChI=1S/C21H23N5O4S2/c1-13(2)12-22-18(27)16-10-6-7-11-17(16)26-32(29,30)21-25-24-20(31-21)23-19(28)15-9-5-4-8-14(15)3/h4-11,13,26H,12H2,1-3H3,(H,22,27)(H,23,24,28). The number of aryl methyl sites for hydroxylation is 1. The van der Waals surface area contributed by atoms with E-state index in [1.54, 1.807) is 37.3 Å². The van der Waals surface area contributed by atoms with Gasteiger partial charge < -0.3 is 5.32 Å². The van der Waals surface area contributed by atoms with Crippen molar-refractivity contribution >= 4 is 44.0 Å². The van der Waals surface area contributed by atoms with E-state index in [2.05, 4.69) is 25.6 Å². The molecule has 0 fully saturated rings. The largest absolute Gasteiger partial charge is 0.352 e. The summed E-state index contributed by atoms with van der Waals surface area (Å²) in [5, 5.41) is 12.8. The lowest BCUT2D eigenvalue weighted by atomic mass is 10.1. The van der Waals surface area contributed by atoms with Gasteiger partial charge in [-0.2, -0.15) is 8.42 Å². The summed E-state index contributed by atoms with van der Waals surface area (Å²) in [5.41, 5.74) is 1.53. The van der Waals surface area contributed by atoms with Crippen molar-refractivity contribution in [1.29, 1.82) is 0 Å². The summed E-state index contributed by atoms with van der Waals surface area (Å²) >= 11 is 0.711. The molecule has 3 aromatic rings. The minimum Gasteiger partial charge on any atom is -0.352 e. The molecule has 0 spiro atoms. The van der Waals surface area contributed by atoms with Gasteiger partial charge in [0, 0.05) is 12.1 Å². The van der Waals surface area contributed by atoms with Crippen molar-refractivity contribution in [2.45, 2.75) is 25.1 Å². The van der Waals surface area contributed by atoms with Crippen LogP contribution in [0.3, 0.4) is 0 Å². The number of aromatic nitrogens is 2. The van der Waals surface area contributed by atoms with Gasteiger partial charge in [-0.1, -0.05) is 55.5 Å². The number of hydrogen-bond donors (Lipinski definition) is 3. The summed E-state index contributed by atoms with van der Waals surface area (Å²) in [6.45, 7) is 6.17. The number of nitrogens with one attached hydrogen (secondary N) is 3. The Morgan fingerprint density at radius 2 is 1.62 bits per heavy atom. The van der Waals surface area contributed by atoms with Gasteiger partial charge in [0.25, 0.3) is 26.2 Å². The molecule has 0 aliphatic carbocycles. The van der Waals surface area contributed by atoms with Crippen molar-refractivity contribution in [3.8, 4) is 0 Å². The molecule has 3 rings (SSSR count). The van der Waals surface area contributed by atoms with E-state index in [9.17, 15) is 18.0 Å². The molecular formula is C21H23N5O4S2. The molecule has 0 bridgehead atoms. The summed E-state index contributed by atoms with van der Waals surface area (Å²) in [7, 11) is -4.12. The monoisotopic (exact) mass is 473 g/mol. The smallest absolute Gasteiger partial charge is 0.291 e. The van der Waals surface area contributed by atoms with Crippen LogP contribution < -0.4 is 15.4 Å². The van der Waals surface area contributed by atoms with Crippen molar-refractivity contribution in [3.05, 3.63) is 65.2 Å². The second-order valence-electron chi connectivity index (χ2n) is 7.40. The lowest BCUT2D eigenvalue weighted by Gasteiger charge is -2.12.